The van der Waals surface area contributed by atoms with E-state index in [1.807, 2.05) is 4.90 Å². The number of rotatable bonds is 4. The van der Waals surface area contributed by atoms with Crippen LogP contribution in [0.2, 0.25) is 10.0 Å². The molecule has 1 heterocycles. The average Bonchev–Trinajstić information content (AvgIpc) is 2.62. The number of carbonyl (C=O) groups is 1. The Balaban J connectivity index is 1.59. The van der Waals surface area contributed by atoms with Crippen molar-refractivity contribution in [1.29, 1.82) is 0 Å². The molecule has 1 aromatic rings. The highest BCUT2D eigenvalue weighted by Crippen LogP contribution is 2.30. The molecule has 1 aliphatic carbocycles. The standard InChI is InChI=1S/C18H24Cl2N2O3S/c19-15-7-4-8-16(20)17(15)26(24,25)21-14-9-11-22(12-10-14)18(23)13-5-2-1-3-6-13/h4,7-8,13-14,21H,1-3,5-6,9-12H2. The summed E-state index contributed by atoms with van der Waals surface area (Å²) in [6, 6.07) is 4.41. The number of amides is 1. The Bertz CT molecular complexity index is 735. The second-order valence-corrected chi connectivity index (χ2v) is 9.57. The zero-order valence-electron chi connectivity index (χ0n) is 14.6. The van der Waals surface area contributed by atoms with Crippen LogP contribution in [0.3, 0.4) is 0 Å². The van der Waals surface area contributed by atoms with Crippen LogP contribution >= 0.6 is 23.2 Å². The van der Waals surface area contributed by atoms with Gasteiger partial charge < -0.3 is 4.90 Å². The molecule has 2 aliphatic rings. The summed E-state index contributed by atoms with van der Waals surface area (Å²) >= 11 is 12.1. The van der Waals surface area contributed by atoms with Gasteiger partial charge in [0.05, 0.1) is 10.0 Å². The van der Waals surface area contributed by atoms with E-state index in [4.69, 9.17) is 23.2 Å². The molecular formula is C18H24Cl2N2O3S. The normalized spacial score (nSPS) is 20.3. The minimum absolute atomic E-state index is 0.0796. The van der Waals surface area contributed by atoms with E-state index in [1.54, 1.807) is 6.07 Å². The third kappa shape index (κ3) is 4.53. The Morgan fingerprint density at radius 1 is 1.00 bits per heavy atom. The van der Waals surface area contributed by atoms with Crippen molar-refractivity contribution in [2.24, 2.45) is 5.92 Å². The van der Waals surface area contributed by atoms with Crippen molar-refractivity contribution in [2.45, 2.75) is 55.9 Å². The van der Waals surface area contributed by atoms with Crippen LogP contribution in [0.15, 0.2) is 23.1 Å². The van der Waals surface area contributed by atoms with Crippen LogP contribution in [-0.4, -0.2) is 38.4 Å². The number of likely N-dealkylation sites (tertiary alicyclic amines) is 1. The first-order valence-electron chi connectivity index (χ1n) is 9.13. The summed E-state index contributed by atoms with van der Waals surface area (Å²) in [5.41, 5.74) is 0. The largest absolute Gasteiger partial charge is 0.342 e. The van der Waals surface area contributed by atoms with Gasteiger partial charge in [0.1, 0.15) is 4.90 Å². The van der Waals surface area contributed by atoms with Gasteiger partial charge in [-0.25, -0.2) is 13.1 Å². The highest BCUT2D eigenvalue weighted by atomic mass is 35.5. The van der Waals surface area contributed by atoms with Crippen LogP contribution in [0.5, 0.6) is 0 Å². The molecule has 144 valence electrons. The van der Waals surface area contributed by atoms with E-state index >= 15 is 0 Å². The van der Waals surface area contributed by atoms with E-state index in [2.05, 4.69) is 4.72 Å². The van der Waals surface area contributed by atoms with Crippen molar-refractivity contribution in [3.8, 4) is 0 Å². The molecule has 1 saturated heterocycles. The second-order valence-electron chi connectivity index (χ2n) is 7.11. The predicted molar refractivity (Wildman–Crippen MR) is 103 cm³/mol. The van der Waals surface area contributed by atoms with Crippen LogP contribution in [0.4, 0.5) is 0 Å². The number of nitrogens with one attached hydrogen (secondary N) is 1. The predicted octanol–water partition coefficient (Wildman–Crippen LogP) is 3.84. The molecule has 26 heavy (non-hydrogen) atoms. The molecule has 1 N–H and O–H groups in total. The summed E-state index contributed by atoms with van der Waals surface area (Å²) in [5.74, 6) is 0.388. The lowest BCUT2D eigenvalue weighted by Gasteiger charge is -2.35. The number of carbonyl (C=O) groups excluding carboxylic acids is 1. The summed E-state index contributed by atoms with van der Waals surface area (Å²) in [6.07, 6.45) is 6.64. The highest BCUT2D eigenvalue weighted by molar-refractivity contribution is 7.89. The first-order valence-corrected chi connectivity index (χ1v) is 11.4. The van der Waals surface area contributed by atoms with Gasteiger partial charge in [0.2, 0.25) is 15.9 Å². The Labute approximate surface area is 165 Å². The number of piperidine rings is 1. The fourth-order valence-electron chi connectivity index (χ4n) is 3.84. The molecule has 0 unspecified atom stereocenters. The molecule has 0 aromatic heterocycles. The number of nitrogens with zero attached hydrogens (tertiary/aromatic N) is 1. The van der Waals surface area contributed by atoms with E-state index in [0.717, 1.165) is 25.7 Å². The lowest BCUT2D eigenvalue weighted by molar-refractivity contribution is -0.137. The summed E-state index contributed by atoms with van der Waals surface area (Å²) < 4.78 is 28.0. The number of halogens is 2. The first kappa shape index (κ1) is 19.9. The minimum atomic E-state index is -3.80. The van der Waals surface area contributed by atoms with E-state index in [9.17, 15) is 13.2 Å². The van der Waals surface area contributed by atoms with Gasteiger partial charge in [-0.1, -0.05) is 48.5 Å². The van der Waals surface area contributed by atoms with Crippen LogP contribution < -0.4 is 4.72 Å². The number of benzene rings is 1. The zero-order valence-corrected chi connectivity index (χ0v) is 16.9. The quantitative estimate of drug-likeness (QED) is 0.807. The maximum atomic E-state index is 12.6. The third-order valence-corrected chi connectivity index (χ3v) is 7.75. The summed E-state index contributed by atoms with van der Waals surface area (Å²) in [7, 11) is -3.80. The summed E-state index contributed by atoms with van der Waals surface area (Å²) in [5, 5.41) is 0.213. The molecule has 5 nitrogen and oxygen atoms in total. The zero-order chi connectivity index (χ0) is 18.7. The van der Waals surface area contributed by atoms with Crippen molar-refractivity contribution in [2.75, 3.05) is 13.1 Å². The Hall–Kier alpha value is -0.820. The molecule has 0 spiro atoms. The molecule has 1 saturated carbocycles. The van der Waals surface area contributed by atoms with Gasteiger partial charge in [-0.3, -0.25) is 4.79 Å². The Kier molecular flexibility index (Phi) is 6.49. The summed E-state index contributed by atoms with van der Waals surface area (Å²) in [4.78, 5) is 14.4. The smallest absolute Gasteiger partial charge is 0.243 e. The van der Waals surface area contributed by atoms with Gasteiger partial charge in [0, 0.05) is 25.0 Å². The maximum absolute atomic E-state index is 12.6. The van der Waals surface area contributed by atoms with E-state index in [1.165, 1.54) is 18.6 Å². The van der Waals surface area contributed by atoms with Crippen LogP contribution in [0.25, 0.3) is 0 Å². The molecule has 0 atom stereocenters. The molecule has 0 bridgehead atoms. The third-order valence-electron chi connectivity index (χ3n) is 5.27. The van der Waals surface area contributed by atoms with E-state index in [0.29, 0.717) is 25.9 Å². The minimum Gasteiger partial charge on any atom is -0.342 e. The van der Waals surface area contributed by atoms with Gasteiger partial charge in [-0.05, 0) is 37.8 Å². The maximum Gasteiger partial charge on any atom is 0.243 e. The fraction of sp³-hybridized carbons (Fsp3) is 0.611. The van der Waals surface area contributed by atoms with Crippen molar-refractivity contribution in [1.82, 2.24) is 9.62 Å². The van der Waals surface area contributed by atoms with Crippen molar-refractivity contribution in [3.63, 3.8) is 0 Å². The lowest BCUT2D eigenvalue weighted by Crippen LogP contribution is -2.48. The van der Waals surface area contributed by atoms with Crippen LogP contribution in [0.1, 0.15) is 44.9 Å². The molecule has 1 aromatic carbocycles. The molecule has 1 amide bonds. The molecule has 2 fully saturated rings. The number of sulfonamides is 1. The van der Waals surface area contributed by atoms with Crippen molar-refractivity contribution < 1.29 is 13.2 Å². The number of hydrogen-bond acceptors (Lipinski definition) is 3. The van der Waals surface area contributed by atoms with Gasteiger partial charge >= 0.3 is 0 Å². The first-order chi connectivity index (χ1) is 12.4. The SMILES string of the molecule is O=C(C1CCCCC1)N1CCC(NS(=O)(=O)c2c(Cl)cccc2Cl)CC1. The molecule has 8 heteroatoms. The van der Waals surface area contributed by atoms with Gasteiger partial charge in [0.25, 0.3) is 0 Å². The molecule has 1 aliphatic heterocycles. The Morgan fingerprint density at radius 2 is 1.58 bits per heavy atom. The van der Waals surface area contributed by atoms with Gasteiger partial charge in [0.15, 0.2) is 0 Å². The highest BCUT2D eigenvalue weighted by Gasteiger charge is 2.31. The number of hydrogen-bond donors (Lipinski definition) is 1. The average molecular weight is 419 g/mol. The van der Waals surface area contributed by atoms with Crippen molar-refractivity contribution in [3.05, 3.63) is 28.2 Å². The molecular weight excluding hydrogens is 395 g/mol. The fourth-order valence-corrected chi connectivity index (χ4v) is 6.29. The van der Waals surface area contributed by atoms with Crippen LogP contribution in [0, 0.1) is 5.92 Å². The summed E-state index contributed by atoms with van der Waals surface area (Å²) in [6.45, 7) is 1.16. The topological polar surface area (TPSA) is 66.5 Å². The van der Waals surface area contributed by atoms with E-state index < -0.39 is 10.0 Å². The van der Waals surface area contributed by atoms with Crippen molar-refractivity contribution >= 4 is 39.1 Å². The monoisotopic (exact) mass is 418 g/mol. The van der Waals surface area contributed by atoms with E-state index in [-0.39, 0.29) is 32.8 Å². The Morgan fingerprint density at radius 3 is 2.15 bits per heavy atom. The van der Waals surface area contributed by atoms with Crippen LogP contribution in [-0.2, 0) is 14.8 Å². The molecule has 3 rings (SSSR count). The second kappa shape index (κ2) is 8.46. The van der Waals surface area contributed by atoms with Gasteiger partial charge in [-0.15, -0.1) is 0 Å². The molecule has 0 radical (unpaired) electrons. The van der Waals surface area contributed by atoms with Gasteiger partial charge in [-0.2, -0.15) is 0 Å². The lowest BCUT2D eigenvalue weighted by atomic mass is 9.87.